The normalized spacial score (nSPS) is 19.2. The van der Waals surface area contributed by atoms with Crippen LogP contribution in [0.1, 0.15) is 23.8 Å². The van der Waals surface area contributed by atoms with Crippen molar-refractivity contribution in [3.05, 3.63) is 34.3 Å². The third-order valence-corrected chi connectivity index (χ3v) is 3.36. The lowest BCUT2D eigenvalue weighted by Gasteiger charge is -2.07. The van der Waals surface area contributed by atoms with Gasteiger partial charge in [0.05, 0.1) is 5.38 Å². The molecule has 0 heterocycles. The lowest BCUT2D eigenvalue weighted by molar-refractivity contribution is 0.797. The molecule has 2 rings (SSSR count). The van der Waals surface area contributed by atoms with Gasteiger partial charge >= 0.3 is 0 Å². The number of halogens is 2. The molecule has 0 nitrogen and oxygen atoms in total. The number of rotatable bonds is 2. The van der Waals surface area contributed by atoms with Crippen LogP contribution in [0.25, 0.3) is 0 Å². The second-order valence-electron chi connectivity index (χ2n) is 3.29. The molecule has 0 amide bonds. The van der Waals surface area contributed by atoms with Gasteiger partial charge in [0, 0.05) is 4.47 Å². The molecule has 0 bridgehead atoms. The van der Waals surface area contributed by atoms with Gasteiger partial charge in [0.25, 0.3) is 0 Å². The van der Waals surface area contributed by atoms with Gasteiger partial charge in [-0.1, -0.05) is 28.1 Å². The third-order valence-electron chi connectivity index (χ3n) is 2.22. The predicted molar refractivity (Wildman–Crippen MR) is 55.5 cm³/mol. The van der Waals surface area contributed by atoms with Gasteiger partial charge in [0.15, 0.2) is 0 Å². The van der Waals surface area contributed by atoms with Crippen molar-refractivity contribution < 1.29 is 0 Å². The fourth-order valence-corrected chi connectivity index (χ4v) is 1.97. The highest BCUT2D eigenvalue weighted by Gasteiger charge is 2.30. The maximum Gasteiger partial charge on any atom is 0.0613 e. The molecule has 0 aliphatic heterocycles. The molecular formula is C10H10BrCl. The summed E-state index contributed by atoms with van der Waals surface area (Å²) in [5, 5.41) is 0.234. The number of hydrogen-bond donors (Lipinski definition) is 0. The molecule has 1 aliphatic rings. The fraction of sp³-hybridized carbons (Fsp3) is 0.400. The zero-order valence-electron chi connectivity index (χ0n) is 6.63. The van der Waals surface area contributed by atoms with E-state index in [-0.39, 0.29) is 5.38 Å². The minimum absolute atomic E-state index is 0.234. The lowest BCUT2D eigenvalue weighted by atomic mass is 10.1. The Balaban J connectivity index is 2.16. The third kappa shape index (κ3) is 1.83. The molecule has 64 valence electrons. The summed E-state index contributed by atoms with van der Waals surface area (Å²) in [6.07, 6.45) is 2.59. The average molecular weight is 246 g/mol. The van der Waals surface area contributed by atoms with Crippen LogP contribution >= 0.6 is 27.5 Å². The minimum Gasteiger partial charge on any atom is -0.118 e. The number of alkyl halides is 1. The van der Waals surface area contributed by atoms with Crippen LogP contribution in [0.5, 0.6) is 0 Å². The quantitative estimate of drug-likeness (QED) is 0.687. The molecule has 0 saturated heterocycles. The molecule has 1 aliphatic carbocycles. The van der Waals surface area contributed by atoms with E-state index in [1.54, 1.807) is 0 Å². The Bertz CT molecular complexity index is 264. The number of hydrogen-bond acceptors (Lipinski definition) is 0. The van der Waals surface area contributed by atoms with E-state index in [2.05, 4.69) is 28.1 Å². The molecule has 1 aromatic rings. The van der Waals surface area contributed by atoms with Crippen molar-refractivity contribution in [3.63, 3.8) is 0 Å². The standard InChI is InChI=1S/C10H10BrCl/c11-9-5-3-8(4-6-9)10(12)7-1-2-7/h3-7,10H,1-2H2. The van der Waals surface area contributed by atoms with Crippen LogP contribution in [-0.2, 0) is 0 Å². The minimum atomic E-state index is 0.234. The Hall–Kier alpha value is -0.0100. The van der Waals surface area contributed by atoms with E-state index in [1.165, 1.54) is 18.4 Å². The first kappa shape index (κ1) is 8.58. The smallest absolute Gasteiger partial charge is 0.0613 e. The van der Waals surface area contributed by atoms with Crippen molar-refractivity contribution in [1.29, 1.82) is 0 Å². The van der Waals surface area contributed by atoms with Crippen LogP contribution in [-0.4, -0.2) is 0 Å². The van der Waals surface area contributed by atoms with Crippen molar-refractivity contribution in [3.8, 4) is 0 Å². The summed E-state index contributed by atoms with van der Waals surface area (Å²) in [6, 6.07) is 8.29. The van der Waals surface area contributed by atoms with Crippen LogP contribution in [0.2, 0.25) is 0 Å². The first-order valence-electron chi connectivity index (χ1n) is 4.17. The van der Waals surface area contributed by atoms with E-state index in [0.717, 1.165) is 10.4 Å². The summed E-state index contributed by atoms with van der Waals surface area (Å²) in [6.45, 7) is 0. The Morgan fingerprint density at radius 2 is 1.83 bits per heavy atom. The van der Waals surface area contributed by atoms with Crippen LogP contribution in [0.15, 0.2) is 28.7 Å². The molecule has 1 unspecified atom stereocenters. The van der Waals surface area contributed by atoms with E-state index in [1.807, 2.05) is 12.1 Å². The zero-order chi connectivity index (χ0) is 8.55. The average Bonchev–Trinajstić information content (AvgIpc) is 2.87. The van der Waals surface area contributed by atoms with E-state index < -0.39 is 0 Å². The van der Waals surface area contributed by atoms with Crippen molar-refractivity contribution in [2.45, 2.75) is 18.2 Å². The van der Waals surface area contributed by atoms with Crippen molar-refractivity contribution in [2.75, 3.05) is 0 Å². The molecule has 1 saturated carbocycles. The van der Waals surface area contributed by atoms with Crippen molar-refractivity contribution >= 4 is 27.5 Å². The highest BCUT2D eigenvalue weighted by molar-refractivity contribution is 9.10. The molecule has 1 aromatic carbocycles. The second-order valence-corrected chi connectivity index (χ2v) is 4.68. The van der Waals surface area contributed by atoms with E-state index >= 15 is 0 Å². The summed E-state index contributed by atoms with van der Waals surface area (Å²) >= 11 is 9.64. The highest BCUT2D eigenvalue weighted by atomic mass is 79.9. The molecule has 0 radical (unpaired) electrons. The van der Waals surface area contributed by atoms with E-state index in [0.29, 0.717) is 0 Å². The molecule has 0 spiro atoms. The summed E-state index contributed by atoms with van der Waals surface area (Å²) in [7, 11) is 0. The maximum atomic E-state index is 6.24. The predicted octanol–water partition coefficient (Wildman–Crippen LogP) is 4.14. The van der Waals surface area contributed by atoms with Gasteiger partial charge in [0.2, 0.25) is 0 Å². The van der Waals surface area contributed by atoms with Gasteiger partial charge in [-0.3, -0.25) is 0 Å². The molecule has 0 N–H and O–H groups in total. The first-order valence-corrected chi connectivity index (χ1v) is 5.40. The van der Waals surface area contributed by atoms with E-state index in [4.69, 9.17) is 11.6 Å². The van der Waals surface area contributed by atoms with Crippen LogP contribution in [0, 0.1) is 5.92 Å². The topological polar surface area (TPSA) is 0 Å². The Morgan fingerprint density at radius 3 is 2.33 bits per heavy atom. The first-order chi connectivity index (χ1) is 5.77. The van der Waals surface area contributed by atoms with E-state index in [9.17, 15) is 0 Å². The Labute approximate surface area is 86.1 Å². The highest BCUT2D eigenvalue weighted by Crippen LogP contribution is 2.45. The summed E-state index contributed by atoms with van der Waals surface area (Å²) in [5.41, 5.74) is 1.25. The van der Waals surface area contributed by atoms with Crippen LogP contribution in [0.3, 0.4) is 0 Å². The summed E-state index contributed by atoms with van der Waals surface area (Å²) in [5.74, 6) is 0.729. The Morgan fingerprint density at radius 1 is 1.25 bits per heavy atom. The fourth-order valence-electron chi connectivity index (χ4n) is 1.31. The monoisotopic (exact) mass is 244 g/mol. The van der Waals surface area contributed by atoms with Gasteiger partial charge in [-0.25, -0.2) is 0 Å². The summed E-state index contributed by atoms with van der Waals surface area (Å²) in [4.78, 5) is 0. The van der Waals surface area contributed by atoms with Gasteiger partial charge in [-0.05, 0) is 36.5 Å². The summed E-state index contributed by atoms with van der Waals surface area (Å²) < 4.78 is 1.12. The Kier molecular flexibility index (Phi) is 2.42. The molecule has 12 heavy (non-hydrogen) atoms. The van der Waals surface area contributed by atoms with Gasteiger partial charge in [-0.15, -0.1) is 11.6 Å². The molecule has 0 aromatic heterocycles. The number of benzene rings is 1. The largest absolute Gasteiger partial charge is 0.118 e. The maximum absolute atomic E-state index is 6.24. The van der Waals surface area contributed by atoms with Crippen molar-refractivity contribution in [1.82, 2.24) is 0 Å². The molecule has 1 atom stereocenters. The van der Waals surface area contributed by atoms with Gasteiger partial charge < -0.3 is 0 Å². The van der Waals surface area contributed by atoms with Gasteiger partial charge in [0.1, 0.15) is 0 Å². The lowest BCUT2D eigenvalue weighted by Crippen LogP contribution is -1.91. The second kappa shape index (κ2) is 3.39. The van der Waals surface area contributed by atoms with Crippen LogP contribution < -0.4 is 0 Å². The van der Waals surface area contributed by atoms with Crippen LogP contribution in [0.4, 0.5) is 0 Å². The molecular weight excluding hydrogens is 235 g/mol. The van der Waals surface area contributed by atoms with Crippen molar-refractivity contribution in [2.24, 2.45) is 5.92 Å². The molecule has 1 fully saturated rings. The van der Waals surface area contributed by atoms with Gasteiger partial charge in [-0.2, -0.15) is 0 Å². The zero-order valence-corrected chi connectivity index (χ0v) is 8.98. The SMILES string of the molecule is ClC(c1ccc(Br)cc1)C1CC1. The molecule has 2 heteroatoms.